The number of thioether (sulfide) groups is 1. The smallest absolute Gasteiger partial charge is 0.207 e. The largest absolute Gasteiger partial charge is 0.416 e. The van der Waals surface area contributed by atoms with Crippen LogP contribution in [0.3, 0.4) is 0 Å². The standard InChI is InChI=1S/C16H16S.C13H8F4/c1-2-5-13(6-3-1)12-17-16-10-9-14-7-4-8-15(14)11-16;14-12-6-4-9(5-7-12)10-2-1-3-11(8-10)13(15,16)17/h1-3,5-6,9-11H,4,7-8,12H2;1-8H. The van der Waals surface area contributed by atoms with Crippen molar-refractivity contribution in [3.05, 3.63) is 125 Å². The van der Waals surface area contributed by atoms with E-state index in [4.69, 9.17) is 0 Å². The minimum atomic E-state index is -4.37. The van der Waals surface area contributed by atoms with Gasteiger partial charge in [-0.1, -0.05) is 60.7 Å². The van der Waals surface area contributed by atoms with Crippen molar-refractivity contribution in [2.45, 2.75) is 36.1 Å². The molecule has 4 aromatic carbocycles. The van der Waals surface area contributed by atoms with Crippen LogP contribution < -0.4 is 0 Å². The number of halogens is 4. The van der Waals surface area contributed by atoms with Crippen molar-refractivity contribution >= 4 is 11.8 Å². The molecule has 34 heavy (non-hydrogen) atoms. The van der Waals surface area contributed by atoms with Gasteiger partial charge in [0.15, 0.2) is 0 Å². The number of benzene rings is 4. The number of alkyl halides is 3. The molecule has 4 aromatic rings. The quantitative estimate of drug-likeness (QED) is 0.207. The van der Waals surface area contributed by atoms with Gasteiger partial charge in [0.05, 0.1) is 5.56 Å². The molecule has 0 saturated heterocycles. The van der Waals surface area contributed by atoms with Crippen LogP contribution in [-0.2, 0) is 24.8 Å². The molecule has 0 aliphatic heterocycles. The van der Waals surface area contributed by atoms with Crippen molar-refractivity contribution < 1.29 is 17.6 Å². The summed E-state index contributed by atoms with van der Waals surface area (Å²) in [5.41, 5.74) is 4.80. The van der Waals surface area contributed by atoms with Gasteiger partial charge in [0, 0.05) is 10.6 Å². The monoisotopic (exact) mass is 480 g/mol. The molecule has 0 saturated carbocycles. The van der Waals surface area contributed by atoms with E-state index in [0.29, 0.717) is 11.1 Å². The minimum absolute atomic E-state index is 0.416. The summed E-state index contributed by atoms with van der Waals surface area (Å²) in [6.07, 6.45) is -0.480. The number of hydrogen-bond donors (Lipinski definition) is 0. The van der Waals surface area contributed by atoms with Gasteiger partial charge in [0.1, 0.15) is 5.82 Å². The molecule has 5 heteroatoms. The minimum Gasteiger partial charge on any atom is -0.207 e. The maximum absolute atomic E-state index is 12.7. The molecule has 1 aliphatic carbocycles. The number of fused-ring (bicyclic) bond motifs is 1. The second-order valence-electron chi connectivity index (χ2n) is 8.14. The first-order valence-corrected chi connectivity index (χ1v) is 12.1. The molecular formula is C29H24F4S. The van der Waals surface area contributed by atoms with Crippen LogP contribution in [-0.4, -0.2) is 0 Å². The third-order valence-electron chi connectivity index (χ3n) is 5.69. The van der Waals surface area contributed by atoms with E-state index < -0.39 is 17.6 Å². The highest BCUT2D eigenvalue weighted by atomic mass is 32.2. The Morgan fingerprint density at radius 1 is 0.676 bits per heavy atom. The maximum atomic E-state index is 12.7. The molecule has 1 aliphatic rings. The number of aryl methyl sites for hydroxylation is 2. The average Bonchev–Trinajstić information content (AvgIpc) is 3.32. The van der Waals surface area contributed by atoms with Crippen molar-refractivity contribution in [2.75, 3.05) is 0 Å². The Bertz CT molecular complexity index is 1220. The summed E-state index contributed by atoms with van der Waals surface area (Å²) >= 11 is 1.94. The van der Waals surface area contributed by atoms with Crippen LogP contribution >= 0.6 is 11.8 Å². The number of rotatable bonds is 4. The average molecular weight is 481 g/mol. The van der Waals surface area contributed by atoms with Gasteiger partial charge < -0.3 is 0 Å². The van der Waals surface area contributed by atoms with E-state index in [0.717, 1.165) is 17.9 Å². The third kappa shape index (κ3) is 6.51. The van der Waals surface area contributed by atoms with E-state index in [1.165, 1.54) is 60.1 Å². The van der Waals surface area contributed by atoms with E-state index in [-0.39, 0.29) is 0 Å². The van der Waals surface area contributed by atoms with Gasteiger partial charge in [0.2, 0.25) is 0 Å². The molecule has 0 radical (unpaired) electrons. The fourth-order valence-corrected chi connectivity index (χ4v) is 4.81. The highest BCUT2D eigenvalue weighted by Gasteiger charge is 2.30. The lowest BCUT2D eigenvalue weighted by Gasteiger charge is -2.08. The lowest BCUT2D eigenvalue weighted by atomic mass is 10.0. The Morgan fingerprint density at radius 2 is 1.41 bits per heavy atom. The zero-order valence-electron chi connectivity index (χ0n) is 18.5. The lowest BCUT2D eigenvalue weighted by molar-refractivity contribution is -0.137. The molecule has 0 N–H and O–H groups in total. The molecule has 5 rings (SSSR count). The maximum Gasteiger partial charge on any atom is 0.416 e. The molecule has 0 amide bonds. The SMILES string of the molecule is Fc1ccc(-c2cccc(C(F)(F)F)c2)cc1.c1ccc(CSc2ccc3c(c2)CCC3)cc1. The Kier molecular flexibility index (Phi) is 7.73. The van der Waals surface area contributed by atoms with Gasteiger partial charge in [-0.3, -0.25) is 0 Å². The van der Waals surface area contributed by atoms with Gasteiger partial charge in [-0.25, -0.2) is 4.39 Å². The van der Waals surface area contributed by atoms with Crippen molar-refractivity contribution in [3.8, 4) is 11.1 Å². The first-order valence-electron chi connectivity index (χ1n) is 11.1. The molecule has 0 fully saturated rings. The lowest BCUT2D eigenvalue weighted by Crippen LogP contribution is -2.04. The Morgan fingerprint density at radius 3 is 2.15 bits per heavy atom. The van der Waals surface area contributed by atoms with E-state index >= 15 is 0 Å². The highest BCUT2D eigenvalue weighted by molar-refractivity contribution is 7.98. The van der Waals surface area contributed by atoms with Crippen molar-refractivity contribution in [2.24, 2.45) is 0 Å². The van der Waals surface area contributed by atoms with E-state index in [1.807, 2.05) is 11.8 Å². The summed E-state index contributed by atoms with van der Waals surface area (Å²) < 4.78 is 50.2. The molecule has 0 spiro atoms. The predicted octanol–water partition coefficient (Wildman–Crippen LogP) is 8.98. The topological polar surface area (TPSA) is 0 Å². The van der Waals surface area contributed by atoms with E-state index in [1.54, 1.807) is 17.2 Å². The van der Waals surface area contributed by atoms with Crippen LogP contribution in [0.2, 0.25) is 0 Å². The van der Waals surface area contributed by atoms with E-state index in [2.05, 4.69) is 48.5 Å². The molecule has 0 nitrogen and oxygen atoms in total. The molecule has 174 valence electrons. The molecule has 0 bridgehead atoms. The molecule has 0 unspecified atom stereocenters. The normalized spacial score (nSPS) is 12.6. The number of hydrogen-bond acceptors (Lipinski definition) is 1. The molecule has 0 aromatic heterocycles. The predicted molar refractivity (Wildman–Crippen MR) is 131 cm³/mol. The molecule has 0 heterocycles. The fraction of sp³-hybridized carbons (Fsp3) is 0.172. The van der Waals surface area contributed by atoms with E-state index in [9.17, 15) is 17.6 Å². The van der Waals surface area contributed by atoms with Gasteiger partial charge in [0.25, 0.3) is 0 Å². The van der Waals surface area contributed by atoms with Crippen LogP contribution in [0.15, 0.2) is 102 Å². The second-order valence-corrected chi connectivity index (χ2v) is 9.19. The van der Waals surface area contributed by atoms with Crippen LogP contribution in [0.5, 0.6) is 0 Å². The van der Waals surface area contributed by atoms with Gasteiger partial charge in [-0.15, -0.1) is 11.8 Å². The first kappa shape index (κ1) is 24.1. The van der Waals surface area contributed by atoms with Crippen LogP contribution in [0.1, 0.15) is 28.7 Å². The van der Waals surface area contributed by atoms with Crippen LogP contribution in [0.25, 0.3) is 11.1 Å². The van der Waals surface area contributed by atoms with Gasteiger partial charge >= 0.3 is 6.18 Å². The summed E-state index contributed by atoms with van der Waals surface area (Å²) in [5.74, 6) is 0.653. The summed E-state index contributed by atoms with van der Waals surface area (Å²) in [5, 5.41) is 0. The van der Waals surface area contributed by atoms with Crippen molar-refractivity contribution in [3.63, 3.8) is 0 Å². The summed E-state index contributed by atoms with van der Waals surface area (Å²) in [4.78, 5) is 1.41. The zero-order chi connectivity index (χ0) is 24.0. The molecule has 0 atom stereocenters. The molecular weight excluding hydrogens is 456 g/mol. The van der Waals surface area contributed by atoms with Crippen molar-refractivity contribution in [1.29, 1.82) is 0 Å². The van der Waals surface area contributed by atoms with Gasteiger partial charge in [-0.2, -0.15) is 13.2 Å². The Labute approximate surface area is 201 Å². The van der Waals surface area contributed by atoms with Gasteiger partial charge in [-0.05, 0) is 83.5 Å². The van der Waals surface area contributed by atoms with Crippen LogP contribution in [0, 0.1) is 5.82 Å². The van der Waals surface area contributed by atoms with Crippen molar-refractivity contribution in [1.82, 2.24) is 0 Å². The summed E-state index contributed by atoms with van der Waals surface area (Å²) in [6, 6.07) is 27.9. The Hall–Kier alpha value is -3.05. The summed E-state index contributed by atoms with van der Waals surface area (Å²) in [6.45, 7) is 0. The third-order valence-corrected chi connectivity index (χ3v) is 6.75. The second kappa shape index (κ2) is 10.9. The first-order chi connectivity index (χ1) is 16.4. The summed E-state index contributed by atoms with van der Waals surface area (Å²) in [7, 11) is 0. The van der Waals surface area contributed by atoms with Crippen LogP contribution in [0.4, 0.5) is 17.6 Å². The zero-order valence-corrected chi connectivity index (χ0v) is 19.3. The Balaban J connectivity index is 0.000000161. The fourth-order valence-electron chi connectivity index (χ4n) is 3.90. The highest BCUT2D eigenvalue weighted by Crippen LogP contribution is 2.32.